The van der Waals surface area contributed by atoms with E-state index in [1.807, 2.05) is 0 Å². The fourth-order valence-corrected chi connectivity index (χ4v) is 5.32. The number of rotatable bonds is 6. The van der Waals surface area contributed by atoms with E-state index in [9.17, 15) is 5.11 Å². The first-order valence-electron chi connectivity index (χ1n) is 9.99. The van der Waals surface area contributed by atoms with Crippen LogP contribution in [0.15, 0.2) is 23.3 Å². The van der Waals surface area contributed by atoms with E-state index < -0.39 is 0 Å². The molecule has 2 aliphatic carbocycles. The summed E-state index contributed by atoms with van der Waals surface area (Å²) >= 11 is 0. The van der Waals surface area contributed by atoms with Crippen molar-refractivity contribution in [2.75, 3.05) is 26.2 Å². The smallest absolute Gasteiger partial charge is 0.0558 e. The number of allylic oxidation sites excluding steroid dienone is 4. The molecule has 0 unspecified atom stereocenters. The first-order chi connectivity index (χ1) is 11.3. The van der Waals surface area contributed by atoms with Gasteiger partial charge < -0.3 is 10.0 Å². The van der Waals surface area contributed by atoms with E-state index in [1.54, 1.807) is 11.1 Å². The van der Waals surface area contributed by atoms with Gasteiger partial charge >= 0.3 is 0 Å². The van der Waals surface area contributed by atoms with Crippen molar-refractivity contribution >= 4 is 0 Å². The normalized spacial score (nSPS) is 37.3. The summed E-state index contributed by atoms with van der Waals surface area (Å²) in [5, 5.41) is 9.58. The second-order valence-electron chi connectivity index (χ2n) is 8.92. The van der Waals surface area contributed by atoms with Gasteiger partial charge in [0, 0.05) is 19.6 Å². The molecule has 0 aromatic heterocycles. The predicted molar refractivity (Wildman–Crippen MR) is 104 cm³/mol. The molecule has 0 aromatic carbocycles. The maximum atomic E-state index is 9.58. The minimum Gasteiger partial charge on any atom is -0.395 e. The summed E-state index contributed by atoms with van der Waals surface area (Å²) in [6, 6.07) is 0. The van der Waals surface area contributed by atoms with E-state index in [0.717, 1.165) is 31.5 Å². The maximum absolute atomic E-state index is 9.58. The Labute approximate surface area is 150 Å². The molecule has 2 aliphatic rings. The first kappa shape index (κ1) is 19.7. The molecular formula is C22H39NO. The summed E-state index contributed by atoms with van der Waals surface area (Å²) in [5.41, 5.74) is 3.10. The zero-order valence-electron chi connectivity index (χ0n) is 16.8. The molecule has 0 bridgehead atoms. The zero-order valence-corrected chi connectivity index (χ0v) is 16.8. The van der Waals surface area contributed by atoms with Gasteiger partial charge in [0.1, 0.15) is 0 Å². The molecular weight excluding hydrogens is 294 g/mol. The Balaban J connectivity index is 2.04. The average molecular weight is 334 g/mol. The molecule has 0 heterocycles. The SMILES string of the molecule is CC1=C[C@H](C)[C@H](CN(CCO)C[C@@H]2[C@H](C)CC(C)=C[C@@H]2C)[C@H](C)C1. The molecule has 0 aliphatic heterocycles. The number of hydrogen-bond acceptors (Lipinski definition) is 2. The number of aliphatic hydroxyl groups excluding tert-OH is 1. The van der Waals surface area contributed by atoms with Gasteiger partial charge in [-0.2, -0.15) is 0 Å². The Hall–Kier alpha value is -0.600. The van der Waals surface area contributed by atoms with Crippen LogP contribution in [0.4, 0.5) is 0 Å². The minimum absolute atomic E-state index is 0.273. The lowest BCUT2D eigenvalue weighted by Crippen LogP contribution is -2.43. The van der Waals surface area contributed by atoms with Gasteiger partial charge in [0.05, 0.1) is 6.61 Å². The summed E-state index contributed by atoms with van der Waals surface area (Å²) in [4.78, 5) is 2.55. The van der Waals surface area contributed by atoms with Gasteiger partial charge in [0.25, 0.3) is 0 Å². The lowest BCUT2D eigenvalue weighted by Gasteiger charge is -2.41. The molecule has 0 amide bonds. The van der Waals surface area contributed by atoms with Crippen molar-refractivity contribution in [1.29, 1.82) is 0 Å². The molecule has 2 nitrogen and oxygen atoms in total. The quantitative estimate of drug-likeness (QED) is 0.709. The summed E-state index contributed by atoms with van der Waals surface area (Å²) in [6.45, 7) is 17.5. The Morgan fingerprint density at radius 3 is 1.62 bits per heavy atom. The number of hydrogen-bond donors (Lipinski definition) is 1. The van der Waals surface area contributed by atoms with Gasteiger partial charge in [-0.3, -0.25) is 0 Å². The standard InChI is InChI=1S/C22H39NO/c1-15-9-17(3)21(18(4)10-15)13-23(7-8-24)14-22-19(5)11-16(2)12-20(22)6/h9,11,17-22,24H,7-8,10,12-14H2,1-6H3/t17-,18+,19-,20+,21-,22-/m0/s1. The topological polar surface area (TPSA) is 23.5 Å². The van der Waals surface area contributed by atoms with Gasteiger partial charge in [-0.15, -0.1) is 0 Å². The molecule has 0 saturated carbocycles. The van der Waals surface area contributed by atoms with Crippen LogP contribution in [0, 0.1) is 35.5 Å². The second kappa shape index (κ2) is 8.67. The molecule has 138 valence electrons. The Kier molecular flexibility index (Phi) is 7.12. The third kappa shape index (κ3) is 4.95. The molecule has 0 radical (unpaired) electrons. The third-order valence-corrected chi connectivity index (χ3v) is 6.55. The van der Waals surface area contributed by atoms with Gasteiger partial charge in [-0.25, -0.2) is 0 Å². The first-order valence-corrected chi connectivity index (χ1v) is 9.99. The maximum Gasteiger partial charge on any atom is 0.0558 e. The number of aliphatic hydroxyl groups is 1. The fraction of sp³-hybridized carbons (Fsp3) is 0.818. The second-order valence-corrected chi connectivity index (χ2v) is 8.92. The predicted octanol–water partition coefficient (Wildman–Crippen LogP) is 4.76. The molecule has 1 N–H and O–H groups in total. The van der Waals surface area contributed by atoms with E-state index >= 15 is 0 Å². The Morgan fingerprint density at radius 1 is 0.875 bits per heavy atom. The van der Waals surface area contributed by atoms with Crippen molar-refractivity contribution in [3.05, 3.63) is 23.3 Å². The van der Waals surface area contributed by atoms with Crippen LogP contribution in [0.3, 0.4) is 0 Å². The summed E-state index contributed by atoms with van der Waals surface area (Å²) in [5.74, 6) is 4.22. The van der Waals surface area contributed by atoms with Crippen LogP contribution in [0.1, 0.15) is 54.4 Å². The minimum atomic E-state index is 0.273. The highest BCUT2D eigenvalue weighted by molar-refractivity contribution is 5.10. The van der Waals surface area contributed by atoms with E-state index in [4.69, 9.17) is 0 Å². The zero-order chi connectivity index (χ0) is 17.9. The monoisotopic (exact) mass is 333 g/mol. The molecule has 24 heavy (non-hydrogen) atoms. The van der Waals surface area contributed by atoms with Crippen LogP contribution in [0.2, 0.25) is 0 Å². The lowest BCUT2D eigenvalue weighted by molar-refractivity contribution is 0.0960. The third-order valence-electron chi connectivity index (χ3n) is 6.55. The van der Waals surface area contributed by atoms with Gasteiger partial charge in [-0.1, -0.05) is 51.0 Å². The Morgan fingerprint density at radius 2 is 1.29 bits per heavy atom. The fourth-order valence-electron chi connectivity index (χ4n) is 5.32. The Bertz CT molecular complexity index is 427. The van der Waals surface area contributed by atoms with Gasteiger partial charge in [0.15, 0.2) is 0 Å². The van der Waals surface area contributed by atoms with Crippen LogP contribution in [-0.4, -0.2) is 36.2 Å². The van der Waals surface area contributed by atoms with E-state index in [-0.39, 0.29) is 6.61 Å². The van der Waals surface area contributed by atoms with Crippen LogP contribution >= 0.6 is 0 Å². The number of nitrogens with zero attached hydrogens (tertiary/aromatic N) is 1. The highest BCUT2D eigenvalue weighted by Crippen LogP contribution is 2.36. The summed E-state index contributed by atoms with van der Waals surface area (Å²) in [7, 11) is 0. The largest absolute Gasteiger partial charge is 0.395 e. The molecule has 2 rings (SSSR count). The highest BCUT2D eigenvalue weighted by Gasteiger charge is 2.32. The lowest BCUT2D eigenvalue weighted by atomic mass is 9.73. The van der Waals surface area contributed by atoms with Crippen LogP contribution in [-0.2, 0) is 0 Å². The molecule has 0 saturated heterocycles. The molecule has 0 aromatic rings. The van der Waals surface area contributed by atoms with Gasteiger partial charge in [-0.05, 0) is 62.2 Å². The molecule has 2 heteroatoms. The van der Waals surface area contributed by atoms with Crippen molar-refractivity contribution in [3.63, 3.8) is 0 Å². The van der Waals surface area contributed by atoms with E-state index in [1.165, 1.54) is 12.8 Å². The molecule has 6 atom stereocenters. The van der Waals surface area contributed by atoms with Crippen molar-refractivity contribution in [2.45, 2.75) is 54.4 Å². The van der Waals surface area contributed by atoms with E-state index in [2.05, 4.69) is 58.6 Å². The van der Waals surface area contributed by atoms with Crippen molar-refractivity contribution in [1.82, 2.24) is 4.90 Å². The van der Waals surface area contributed by atoms with Gasteiger partial charge in [0.2, 0.25) is 0 Å². The van der Waals surface area contributed by atoms with E-state index in [0.29, 0.717) is 23.7 Å². The van der Waals surface area contributed by atoms with Crippen molar-refractivity contribution < 1.29 is 5.11 Å². The van der Waals surface area contributed by atoms with Crippen molar-refractivity contribution in [3.8, 4) is 0 Å². The van der Waals surface area contributed by atoms with Crippen LogP contribution < -0.4 is 0 Å². The van der Waals surface area contributed by atoms with Crippen molar-refractivity contribution in [2.24, 2.45) is 35.5 Å². The molecule has 0 spiro atoms. The van der Waals surface area contributed by atoms with Crippen LogP contribution in [0.5, 0.6) is 0 Å². The summed E-state index contributed by atoms with van der Waals surface area (Å²) in [6.07, 6.45) is 7.42. The summed E-state index contributed by atoms with van der Waals surface area (Å²) < 4.78 is 0. The average Bonchev–Trinajstić information content (AvgIpc) is 2.46. The highest BCUT2D eigenvalue weighted by atomic mass is 16.3. The molecule has 0 fully saturated rings. The van der Waals surface area contributed by atoms with Crippen LogP contribution in [0.25, 0.3) is 0 Å².